The molecule has 3 aromatic heterocycles. The molecule has 0 aliphatic carbocycles. The molecular weight excluding hydrogens is 488 g/mol. The van der Waals surface area contributed by atoms with Crippen LogP contribution in [0, 0.1) is 20.8 Å². The molecule has 0 radical (unpaired) electrons. The average Bonchev–Trinajstić information content (AvgIpc) is 3.36. The van der Waals surface area contributed by atoms with Crippen LogP contribution in [0.25, 0.3) is 16.3 Å². The van der Waals surface area contributed by atoms with Gasteiger partial charge in [0.25, 0.3) is 0 Å². The topological polar surface area (TPSA) is 125 Å². The molecule has 0 fully saturated rings. The Labute approximate surface area is 218 Å². The summed E-state index contributed by atoms with van der Waals surface area (Å²) < 4.78 is 7.25. The SMILES string of the molecule is CCOC(=O)C[C@@H]1N=C(c2ccc(-c3cc(C(N)=O)ccn3)cc2)c2c(sc(C)c2C)-n2c(C)nnc21. The lowest BCUT2D eigenvalue weighted by molar-refractivity contribution is -0.143. The Morgan fingerprint density at radius 1 is 1.08 bits per heavy atom. The number of nitrogens with two attached hydrogens (primary N) is 1. The molecule has 4 aromatic rings. The number of amides is 1. The number of aryl methyl sites for hydroxylation is 2. The molecule has 0 saturated heterocycles. The summed E-state index contributed by atoms with van der Waals surface area (Å²) in [6.07, 6.45) is 1.63. The van der Waals surface area contributed by atoms with Crippen molar-refractivity contribution in [1.82, 2.24) is 19.7 Å². The zero-order valence-electron chi connectivity index (χ0n) is 21.0. The van der Waals surface area contributed by atoms with Gasteiger partial charge >= 0.3 is 5.97 Å². The van der Waals surface area contributed by atoms with Gasteiger partial charge in [-0.15, -0.1) is 21.5 Å². The summed E-state index contributed by atoms with van der Waals surface area (Å²) in [7, 11) is 0. The van der Waals surface area contributed by atoms with E-state index in [2.05, 4.69) is 29.0 Å². The van der Waals surface area contributed by atoms with Gasteiger partial charge in [0.05, 0.1) is 24.4 Å². The normalized spacial score (nSPS) is 14.4. The summed E-state index contributed by atoms with van der Waals surface area (Å²) in [6.45, 7) is 8.15. The highest BCUT2D eigenvalue weighted by Gasteiger charge is 2.32. The maximum absolute atomic E-state index is 12.5. The number of hydrogen-bond acceptors (Lipinski definition) is 8. The molecular formula is C27H26N6O3S. The fraction of sp³-hybridized carbons (Fsp3) is 0.259. The Morgan fingerprint density at radius 3 is 2.51 bits per heavy atom. The maximum Gasteiger partial charge on any atom is 0.308 e. The highest BCUT2D eigenvalue weighted by molar-refractivity contribution is 7.15. The molecule has 9 nitrogen and oxygen atoms in total. The Kier molecular flexibility index (Phi) is 6.43. The smallest absolute Gasteiger partial charge is 0.308 e. The zero-order valence-corrected chi connectivity index (χ0v) is 21.8. The van der Waals surface area contributed by atoms with Gasteiger partial charge in [-0.25, -0.2) is 0 Å². The molecule has 10 heteroatoms. The molecule has 0 bridgehead atoms. The number of hydrogen-bond donors (Lipinski definition) is 1. The number of thiophene rings is 1. The minimum absolute atomic E-state index is 0.0599. The van der Waals surface area contributed by atoms with Crippen molar-refractivity contribution in [1.29, 1.82) is 0 Å². The summed E-state index contributed by atoms with van der Waals surface area (Å²) in [5.74, 6) is 0.515. The van der Waals surface area contributed by atoms with Crippen molar-refractivity contribution in [3.63, 3.8) is 0 Å². The molecule has 1 aliphatic rings. The van der Waals surface area contributed by atoms with Crippen LogP contribution in [-0.4, -0.2) is 43.9 Å². The minimum Gasteiger partial charge on any atom is -0.466 e. The Morgan fingerprint density at radius 2 is 1.81 bits per heavy atom. The largest absolute Gasteiger partial charge is 0.466 e. The first-order valence-electron chi connectivity index (χ1n) is 11.9. The van der Waals surface area contributed by atoms with E-state index in [1.165, 1.54) is 4.88 Å². The number of carbonyl (C=O) groups is 2. The Balaban J connectivity index is 1.64. The van der Waals surface area contributed by atoms with E-state index in [0.717, 1.165) is 38.8 Å². The highest BCUT2D eigenvalue weighted by Crippen LogP contribution is 2.39. The summed E-state index contributed by atoms with van der Waals surface area (Å²) in [5, 5.41) is 9.70. The van der Waals surface area contributed by atoms with Crippen LogP contribution in [0.15, 0.2) is 47.6 Å². The number of primary amides is 1. The molecule has 1 atom stereocenters. The zero-order chi connectivity index (χ0) is 26.3. The van der Waals surface area contributed by atoms with Crippen LogP contribution in [0.1, 0.15) is 63.0 Å². The molecule has 0 spiro atoms. The second kappa shape index (κ2) is 9.70. The second-order valence-corrected chi connectivity index (χ2v) is 9.98. The van der Waals surface area contributed by atoms with E-state index >= 15 is 0 Å². The van der Waals surface area contributed by atoms with E-state index < -0.39 is 11.9 Å². The fourth-order valence-electron chi connectivity index (χ4n) is 4.44. The molecule has 188 valence electrons. The number of ether oxygens (including phenoxy) is 1. The predicted molar refractivity (Wildman–Crippen MR) is 141 cm³/mol. The van der Waals surface area contributed by atoms with Gasteiger partial charge in [-0.1, -0.05) is 24.3 Å². The average molecular weight is 515 g/mol. The lowest BCUT2D eigenvalue weighted by atomic mass is 9.98. The first-order chi connectivity index (χ1) is 17.8. The van der Waals surface area contributed by atoms with Gasteiger partial charge in [0, 0.05) is 33.3 Å². The van der Waals surface area contributed by atoms with Crippen LogP contribution in [0.3, 0.4) is 0 Å². The first-order valence-corrected chi connectivity index (χ1v) is 12.7. The Bertz CT molecular complexity index is 1550. The van der Waals surface area contributed by atoms with Crippen molar-refractivity contribution in [2.75, 3.05) is 6.61 Å². The fourth-order valence-corrected chi connectivity index (χ4v) is 5.66. The standard InChI is InChI=1S/C27H26N6O3S/c1-5-36-22(34)13-21-26-32-31-16(4)33(26)27-23(14(2)15(3)37-27)24(30-21)18-8-6-17(7-9-18)20-12-19(25(28)35)10-11-29-20/h6-12,21H,5,13H2,1-4H3,(H2,28,35)/t21-/m0/s1. The van der Waals surface area contributed by atoms with E-state index in [1.807, 2.05) is 35.8 Å². The molecule has 0 unspecified atom stereocenters. The molecule has 5 rings (SSSR count). The van der Waals surface area contributed by atoms with E-state index in [1.54, 1.807) is 36.6 Å². The number of fused-ring (bicyclic) bond motifs is 3. The lowest BCUT2D eigenvalue weighted by Crippen LogP contribution is -2.13. The number of aliphatic imine (C=N–C) groups is 1. The predicted octanol–water partition coefficient (Wildman–Crippen LogP) is 4.26. The van der Waals surface area contributed by atoms with Crippen LogP contribution in [-0.2, 0) is 9.53 Å². The number of rotatable bonds is 6. The van der Waals surface area contributed by atoms with Gasteiger partial charge in [-0.05, 0) is 45.4 Å². The lowest BCUT2D eigenvalue weighted by Gasteiger charge is -2.12. The third-order valence-electron chi connectivity index (χ3n) is 6.40. The van der Waals surface area contributed by atoms with E-state index in [9.17, 15) is 9.59 Å². The molecule has 4 heterocycles. The van der Waals surface area contributed by atoms with Crippen LogP contribution in [0.5, 0.6) is 0 Å². The Hall–Kier alpha value is -4.18. The number of nitrogens with zero attached hydrogens (tertiary/aromatic N) is 5. The van der Waals surface area contributed by atoms with Crippen LogP contribution in [0.2, 0.25) is 0 Å². The number of carbonyl (C=O) groups excluding carboxylic acids is 2. The first kappa shape index (κ1) is 24.5. The van der Waals surface area contributed by atoms with Crippen molar-refractivity contribution < 1.29 is 14.3 Å². The number of esters is 1. The van der Waals surface area contributed by atoms with Gasteiger partial charge in [0.15, 0.2) is 5.82 Å². The van der Waals surface area contributed by atoms with Crippen molar-refractivity contribution in [2.45, 2.75) is 40.2 Å². The van der Waals surface area contributed by atoms with Crippen molar-refractivity contribution in [2.24, 2.45) is 10.7 Å². The van der Waals surface area contributed by atoms with Crippen LogP contribution >= 0.6 is 11.3 Å². The minimum atomic E-state index is -0.553. The third-order valence-corrected chi connectivity index (χ3v) is 7.60. The number of aromatic nitrogens is 4. The maximum atomic E-state index is 12.5. The molecule has 37 heavy (non-hydrogen) atoms. The van der Waals surface area contributed by atoms with Gasteiger partial charge in [0.1, 0.15) is 16.9 Å². The van der Waals surface area contributed by atoms with Crippen molar-refractivity contribution in [3.8, 4) is 16.3 Å². The highest BCUT2D eigenvalue weighted by atomic mass is 32.1. The van der Waals surface area contributed by atoms with E-state index in [0.29, 0.717) is 23.7 Å². The second-order valence-electron chi connectivity index (χ2n) is 8.78. The van der Waals surface area contributed by atoms with Crippen molar-refractivity contribution >= 4 is 28.9 Å². The third kappa shape index (κ3) is 4.44. The molecule has 1 amide bonds. The molecule has 1 aromatic carbocycles. The van der Waals surface area contributed by atoms with Gasteiger partial charge in [-0.3, -0.25) is 24.1 Å². The summed E-state index contributed by atoms with van der Waals surface area (Å²) in [5.41, 5.74) is 11.1. The number of pyridine rings is 1. The van der Waals surface area contributed by atoms with E-state index in [4.69, 9.17) is 15.5 Å². The molecule has 0 saturated carbocycles. The molecule has 2 N–H and O–H groups in total. The summed E-state index contributed by atoms with van der Waals surface area (Å²) in [4.78, 5) is 34.8. The van der Waals surface area contributed by atoms with E-state index in [-0.39, 0.29) is 12.4 Å². The van der Waals surface area contributed by atoms with Gasteiger partial charge < -0.3 is 10.5 Å². The van der Waals surface area contributed by atoms with Crippen molar-refractivity contribution in [3.05, 3.63) is 81.4 Å². The molecule has 1 aliphatic heterocycles. The monoisotopic (exact) mass is 514 g/mol. The van der Waals surface area contributed by atoms with Crippen LogP contribution in [0.4, 0.5) is 0 Å². The quantitative estimate of drug-likeness (QED) is 0.383. The summed E-state index contributed by atoms with van der Waals surface area (Å²) >= 11 is 1.66. The number of benzene rings is 1. The summed E-state index contributed by atoms with van der Waals surface area (Å²) in [6, 6.07) is 10.5. The van der Waals surface area contributed by atoms with Gasteiger partial charge in [-0.2, -0.15) is 0 Å². The van der Waals surface area contributed by atoms with Gasteiger partial charge in [0.2, 0.25) is 5.91 Å². The van der Waals surface area contributed by atoms with Crippen LogP contribution < -0.4 is 5.73 Å².